The fourth-order valence-corrected chi connectivity index (χ4v) is 0.302. The summed E-state index contributed by atoms with van der Waals surface area (Å²) in [6.45, 7) is 5.71. The topological polar surface area (TPSA) is 0 Å². The Bertz CT molecular complexity index is 71.8. The highest BCUT2D eigenvalue weighted by molar-refractivity contribution is 4.97. The zero-order valence-electron chi connectivity index (χ0n) is 4.83. The minimum atomic E-state index is 0.938. The van der Waals surface area contributed by atoms with Crippen LogP contribution in [0.2, 0.25) is 0 Å². The lowest BCUT2D eigenvalue weighted by atomic mass is 10.3. The van der Waals surface area contributed by atoms with Crippen LogP contribution in [0.5, 0.6) is 0 Å². The average Bonchev–Trinajstić information content (AvgIpc) is 1.69. The van der Waals surface area contributed by atoms with Gasteiger partial charge in [-0.2, -0.15) is 0 Å². The molecule has 0 aliphatic carbocycles. The number of hydrogen-bond donors (Lipinski definition) is 0. The molecule has 0 rings (SSSR count). The molecule has 0 saturated carbocycles. The molecule has 0 heterocycles. The van der Waals surface area contributed by atoms with Crippen molar-refractivity contribution in [2.75, 3.05) is 0 Å². The molecule has 1 radical (unpaired) electrons. The summed E-state index contributed by atoms with van der Waals surface area (Å²) >= 11 is 0. The summed E-state index contributed by atoms with van der Waals surface area (Å²) < 4.78 is 0. The summed E-state index contributed by atoms with van der Waals surface area (Å²) in [5, 5.41) is 0. The second-order valence-corrected chi connectivity index (χ2v) is 1.31. The van der Waals surface area contributed by atoms with Crippen molar-refractivity contribution in [3.8, 4) is 11.8 Å². The second-order valence-electron chi connectivity index (χ2n) is 1.31. The quantitative estimate of drug-likeness (QED) is 0.437. The lowest BCUT2D eigenvalue weighted by Gasteiger charge is -1.74. The van der Waals surface area contributed by atoms with Crippen LogP contribution >= 0.6 is 0 Å². The minimum absolute atomic E-state index is 0.938. The molecule has 0 aliphatic rings. The molecular formula is C7H11. The van der Waals surface area contributed by atoms with Gasteiger partial charge in [0.2, 0.25) is 0 Å². The normalized spacial score (nSPS) is 7.14. The summed E-state index contributed by atoms with van der Waals surface area (Å²) in [5.41, 5.74) is 0. The second kappa shape index (κ2) is 5.56. The van der Waals surface area contributed by atoms with Crippen molar-refractivity contribution in [1.82, 2.24) is 0 Å². The van der Waals surface area contributed by atoms with E-state index in [1.54, 1.807) is 0 Å². The molecule has 0 bridgehead atoms. The molecule has 0 aromatic rings. The van der Waals surface area contributed by atoms with Crippen molar-refractivity contribution in [3.63, 3.8) is 0 Å². The molecule has 0 heteroatoms. The van der Waals surface area contributed by atoms with Crippen molar-refractivity contribution in [2.24, 2.45) is 0 Å². The van der Waals surface area contributed by atoms with E-state index < -0.39 is 0 Å². The lowest BCUT2D eigenvalue weighted by Crippen LogP contribution is -1.60. The van der Waals surface area contributed by atoms with Gasteiger partial charge < -0.3 is 0 Å². The van der Waals surface area contributed by atoms with Gasteiger partial charge in [0.05, 0.1) is 0 Å². The Labute approximate surface area is 45.9 Å². The minimum Gasteiger partial charge on any atom is -0.104 e. The predicted molar refractivity (Wildman–Crippen MR) is 32.7 cm³/mol. The van der Waals surface area contributed by atoms with Crippen LogP contribution in [0.25, 0.3) is 0 Å². The Morgan fingerprint density at radius 2 is 2.14 bits per heavy atom. The van der Waals surface area contributed by atoms with Crippen LogP contribution in [-0.2, 0) is 0 Å². The molecule has 0 nitrogen and oxygen atoms in total. The Kier molecular flexibility index (Phi) is 5.21. The molecule has 0 unspecified atom stereocenters. The van der Waals surface area contributed by atoms with Crippen LogP contribution < -0.4 is 0 Å². The van der Waals surface area contributed by atoms with E-state index in [2.05, 4.69) is 25.7 Å². The van der Waals surface area contributed by atoms with Crippen LogP contribution in [0, 0.1) is 18.8 Å². The zero-order chi connectivity index (χ0) is 5.54. The van der Waals surface area contributed by atoms with Gasteiger partial charge in [0, 0.05) is 12.8 Å². The molecule has 0 N–H and O–H groups in total. The average molecular weight is 95.2 g/mol. The highest BCUT2D eigenvalue weighted by Gasteiger charge is 1.66. The fraction of sp³-hybridized carbons (Fsp3) is 0.571. The first-order valence-electron chi connectivity index (χ1n) is 2.66. The Morgan fingerprint density at radius 1 is 1.43 bits per heavy atom. The molecule has 0 aromatic heterocycles. The zero-order valence-corrected chi connectivity index (χ0v) is 4.83. The first-order chi connectivity index (χ1) is 3.41. The van der Waals surface area contributed by atoms with Crippen LogP contribution in [0.1, 0.15) is 26.2 Å². The van der Waals surface area contributed by atoms with Gasteiger partial charge in [0.1, 0.15) is 0 Å². The van der Waals surface area contributed by atoms with Crippen molar-refractivity contribution in [3.05, 3.63) is 6.92 Å². The van der Waals surface area contributed by atoms with Gasteiger partial charge in [-0.15, -0.1) is 11.8 Å². The Morgan fingerprint density at radius 3 is 2.57 bits per heavy atom. The summed E-state index contributed by atoms with van der Waals surface area (Å²) in [5.74, 6) is 5.93. The van der Waals surface area contributed by atoms with Crippen molar-refractivity contribution in [1.29, 1.82) is 0 Å². The lowest BCUT2D eigenvalue weighted by molar-refractivity contribution is 1.08. The van der Waals surface area contributed by atoms with Gasteiger partial charge in [-0.05, 0) is 6.42 Å². The third kappa shape index (κ3) is 5.56. The molecule has 0 aliphatic heterocycles. The van der Waals surface area contributed by atoms with E-state index in [4.69, 9.17) is 0 Å². The Balaban J connectivity index is 2.91. The van der Waals surface area contributed by atoms with E-state index in [1.165, 1.54) is 0 Å². The van der Waals surface area contributed by atoms with E-state index in [-0.39, 0.29) is 0 Å². The van der Waals surface area contributed by atoms with E-state index in [1.807, 2.05) is 0 Å². The largest absolute Gasteiger partial charge is 0.104 e. The van der Waals surface area contributed by atoms with E-state index in [0.29, 0.717) is 0 Å². The molecule has 0 saturated heterocycles. The Hall–Kier alpha value is -0.440. The summed E-state index contributed by atoms with van der Waals surface area (Å²) in [6.07, 6.45) is 2.86. The first-order valence-corrected chi connectivity index (χ1v) is 2.66. The molecule has 7 heavy (non-hydrogen) atoms. The standard InChI is InChI=1S/C7H11/c1-3-5-7-6-4-2/h1,3-5H2,2H3. The molecule has 0 atom stereocenters. The third-order valence-corrected chi connectivity index (χ3v) is 0.604. The maximum atomic E-state index is 3.65. The van der Waals surface area contributed by atoms with Gasteiger partial charge in [0.15, 0.2) is 0 Å². The summed E-state index contributed by atoms with van der Waals surface area (Å²) in [7, 11) is 0. The highest BCUT2D eigenvalue weighted by atomic mass is 13.7. The van der Waals surface area contributed by atoms with Crippen molar-refractivity contribution < 1.29 is 0 Å². The SMILES string of the molecule is [CH2]CCC#CCC. The third-order valence-electron chi connectivity index (χ3n) is 0.604. The van der Waals surface area contributed by atoms with Gasteiger partial charge >= 0.3 is 0 Å². The van der Waals surface area contributed by atoms with E-state index >= 15 is 0 Å². The van der Waals surface area contributed by atoms with E-state index in [9.17, 15) is 0 Å². The summed E-state index contributed by atoms with van der Waals surface area (Å²) in [6, 6.07) is 0. The highest BCUT2D eigenvalue weighted by Crippen LogP contribution is 1.80. The number of unbranched alkanes of at least 4 members (excludes halogenated alkanes) is 1. The van der Waals surface area contributed by atoms with Crippen molar-refractivity contribution >= 4 is 0 Å². The molecule has 0 aromatic carbocycles. The van der Waals surface area contributed by atoms with Crippen LogP contribution in [0.3, 0.4) is 0 Å². The first kappa shape index (κ1) is 6.56. The number of hydrogen-bond acceptors (Lipinski definition) is 0. The van der Waals surface area contributed by atoms with Gasteiger partial charge in [-0.1, -0.05) is 13.8 Å². The van der Waals surface area contributed by atoms with Gasteiger partial charge in [-0.25, -0.2) is 0 Å². The maximum Gasteiger partial charge on any atom is 0.00886 e. The van der Waals surface area contributed by atoms with Crippen LogP contribution in [-0.4, -0.2) is 0 Å². The number of rotatable bonds is 1. The van der Waals surface area contributed by atoms with Crippen LogP contribution in [0.4, 0.5) is 0 Å². The molecular weight excluding hydrogens is 84.1 g/mol. The van der Waals surface area contributed by atoms with Crippen LogP contribution in [0.15, 0.2) is 0 Å². The van der Waals surface area contributed by atoms with Gasteiger partial charge in [0.25, 0.3) is 0 Å². The van der Waals surface area contributed by atoms with Crippen molar-refractivity contribution in [2.45, 2.75) is 26.2 Å². The molecule has 0 amide bonds. The molecule has 39 valence electrons. The molecule has 0 spiro atoms. The predicted octanol–water partition coefficient (Wildman–Crippen LogP) is 2.01. The smallest absolute Gasteiger partial charge is 0.00886 e. The molecule has 0 fully saturated rings. The summed E-state index contributed by atoms with van der Waals surface area (Å²) in [4.78, 5) is 0. The maximum absolute atomic E-state index is 3.65. The van der Waals surface area contributed by atoms with Gasteiger partial charge in [-0.3, -0.25) is 0 Å². The monoisotopic (exact) mass is 95.1 g/mol. The van der Waals surface area contributed by atoms with E-state index in [0.717, 1.165) is 19.3 Å². The fourth-order valence-electron chi connectivity index (χ4n) is 0.302.